The molecule has 2 aliphatic rings. The molecular weight excluding hydrogens is 528 g/mol. The van der Waals surface area contributed by atoms with Gasteiger partial charge in [-0.05, 0) is 77.5 Å². The number of allylic oxidation sites excluding steroid dienone is 3. The number of aliphatic imine (C=N–C) groups is 1. The molecule has 0 spiro atoms. The summed E-state index contributed by atoms with van der Waals surface area (Å²) < 4.78 is 11.6. The van der Waals surface area contributed by atoms with Gasteiger partial charge >= 0.3 is 0 Å². The maximum Gasteiger partial charge on any atom is 0.244 e. The summed E-state index contributed by atoms with van der Waals surface area (Å²) in [4.78, 5) is 30.2. The number of primary amides is 1. The van der Waals surface area contributed by atoms with Crippen molar-refractivity contribution in [2.45, 2.75) is 112 Å². The predicted molar refractivity (Wildman–Crippen MR) is 173 cm³/mol. The van der Waals surface area contributed by atoms with Crippen molar-refractivity contribution >= 4 is 17.8 Å². The van der Waals surface area contributed by atoms with Gasteiger partial charge in [-0.3, -0.25) is 14.5 Å². The zero-order valence-electron chi connectivity index (χ0n) is 27.4. The lowest BCUT2D eigenvalue weighted by molar-refractivity contribution is -0.129. The van der Waals surface area contributed by atoms with Crippen molar-refractivity contribution in [3.63, 3.8) is 0 Å². The summed E-state index contributed by atoms with van der Waals surface area (Å²) in [5.74, 6) is 1.34. The van der Waals surface area contributed by atoms with Crippen LogP contribution in [0.5, 0.6) is 5.75 Å². The number of nitrogens with two attached hydrogens (primary N) is 2. The molecule has 8 heteroatoms. The number of hydrogen-bond acceptors (Lipinski definition) is 6. The van der Waals surface area contributed by atoms with Crippen LogP contribution in [0.15, 0.2) is 64.4 Å². The van der Waals surface area contributed by atoms with E-state index in [4.69, 9.17) is 20.9 Å². The average molecular weight is 583 g/mol. The molecule has 2 amide bonds. The zero-order chi connectivity index (χ0) is 31.9. The molecule has 0 atom stereocenters. The van der Waals surface area contributed by atoms with Gasteiger partial charge < -0.3 is 20.9 Å². The van der Waals surface area contributed by atoms with Crippen molar-refractivity contribution < 1.29 is 19.1 Å². The molecule has 1 aromatic rings. The van der Waals surface area contributed by atoms with Crippen LogP contribution in [0.25, 0.3) is 0 Å². The van der Waals surface area contributed by atoms with Crippen LogP contribution in [0.3, 0.4) is 0 Å². The number of ether oxygens (including phenoxy) is 2. The fourth-order valence-corrected chi connectivity index (χ4v) is 4.62. The molecule has 0 aromatic heterocycles. The van der Waals surface area contributed by atoms with E-state index in [0.29, 0.717) is 24.4 Å². The highest BCUT2D eigenvalue weighted by Gasteiger charge is 2.37. The Balaban J connectivity index is 0.000000516. The van der Waals surface area contributed by atoms with Crippen LogP contribution in [-0.2, 0) is 20.7 Å². The van der Waals surface area contributed by atoms with E-state index < -0.39 is 11.4 Å². The summed E-state index contributed by atoms with van der Waals surface area (Å²) in [5, 5.41) is 0. The van der Waals surface area contributed by atoms with Crippen LogP contribution in [0.4, 0.5) is 0 Å². The SMILES string of the molecule is CC.CC/C=C(CN1C(=O)CC(CC)(CC)N=C1N)/C(=C\C=C(/C)C(N)=O)OCC.CC1(C)CCc2ccccc2O1. The van der Waals surface area contributed by atoms with Crippen LogP contribution in [0.1, 0.15) is 100.0 Å². The molecule has 0 unspecified atom stereocenters. The first kappa shape index (κ1) is 36.5. The van der Waals surface area contributed by atoms with Crippen LogP contribution in [0.2, 0.25) is 0 Å². The van der Waals surface area contributed by atoms with Gasteiger partial charge in [0, 0.05) is 11.1 Å². The van der Waals surface area contributed by atoms with Crippen LogP contribution >= 0.6 is 0 Å². The van der Waals surface area contributed by atoms with Gasteiger partial charge in [0.15, 0.2) is 5.96 Å². The molecular formula is C34H54N4O4. The van der Waals surface area contributed by atoms with E-state index in [0.717, 1.165) is 43.4 Å². The topological polar surface area (TPSA) is 120 Å². The van der Waals surface area contributed by atoms with Crippen LogP contribution in [-0.4, -0.2) is 47.0 Å². The number of rotatable bonds is 10. The quantitative estimate of drug-likeness (QED) is 0.183. The Morgan fingerprint density at radius 1 is 1.12 bits per heavy atom. The standard InChI is InChI=1S/C21H34N4O3.C11H14O.C2H6/c1-6-10-16(17(28-9-4)12-11-15(5)19(22)27)14-25-18(26)13-21(7-2,8-3)24-20(25)23;1-11(2)8-7-9-5-3-4-6-10(9)12-11;1-2/h10-12H,6-9,13-14H2,1-5H3,(H2,22,27)(H2,23,24);3-6H,7-8H2,1-2H3;1-2H3/b15-11+,16-10+,17-12+;;. The summed E-state index contributed by atoms with van der Waals surface area (Å²) in [6, 6.07) is 8.29. The number of guanidine groups is 1. The monoisotopic (exact) mass is 582 g/mol. The molecule has 2 heterocycles. The van der Waals surface area contributed by atoms with E-state index in [2.05, 4.69) is 37.0 Å². The van der Waals surface area contributed by atoms with Gasteiger partial charge in [-0.15, -0.1) is 0 Å². The van der Waals surface area contributed by atoms with Gasteiger partial charge in [-0.25, -0.2) is 4.99 Å². The first-order valence-corrected chi connectivity index (χ1v) is 15.3. The molecule has 2 aliphatic heterocycles. The smallest absolute Gasteiger partial charge is 0.244 e. The molecule has 42 heavy (non-hydrogen) atoms. The normalized spacial score (nSPS) is 17.8. The Hall–Kier alpha value is -3.55. The van der Waals surface area contributed by atoms with Gasteiger partial charge in [0.05, 0.1) is 25.1 Å². The van der Waals surface area contributed by atoms with Crippen molar-refractivity contribution in [2.24, 2.45) is 16.5 Å². The first-order chi connectivity index (χ1) is 19.9. The van der Waals surface area contributed by atoms with E-state index >= 15 is 0 Å². The molecule has 8 nitrogen and oxygen atoms in total. The lowest BCUT2D eigenvalue weighted by Crippen LogP contribution is -2.52. The third kappa shape index (κ3) is 10.7. The van der Waals surface area contributed by atoms with Gasteiger partial charge in [-0.2, -0.15) is 0 Å². The van der Waals surface area contributed by atoms with Crippen molar-refractivity contribution in [2.75, 3.05) is 13.2 Å². The molecule has 0 fully saturated rings. The number of benzene rings is 1. The second kappa shape index (κ2) is 17.4. The second-order valence-corrected chi connectivity index (χ2v) is 10.8. The van der Waals surface area contributed by atoms with Gasteiger partial charge in [0.2, 0.25) is 11.8 Å². The van der Waals surface area contributed by atoms with Crippen LogP contribution < -0.4 is 16.2 Å². The summed E-state index contributed by atoms with van der Waals surface area (Å²) in [6.07, 6.45) is 10.2. The Bertz CT molecular complexity index is 1160. The number of para-hydroxylation sites is 1. The molecule has 0 aliphatic carbocycles. The van der Waals surface area contributed by atoms with Gasteiger partial charge in [0.1, 0.15) is 17.1 Å². The number of aryl methyl sites for hydroxylation is 1. The minimum absolute atomic E-state index is 0.0222. The number of fused-ring (bicyclic) bond motifs is 1. The molecule has 0 radical (unpaired) electrons. The lowest BCUT2D eigenvalue weighted by Gasteiger charge is -2.36. The third-order valence-electron chi connectivity index (χ3n) is 7.35. The first-order valence-electron chi connectivity index (χ1n) is 15.3. The molecule has 0 saturated carbocycles. The molecule has 234 valence electrons. The summed E-state index contributed by atoms with van der Waals surface area (Å²) in [7, 11) is 0. The summed E-state index contributed by atoms with van der Waals surface area (Å²) in [6.45, 7) is 18.6. The minimum Gasteiger partial charge on any atom is -0.494 e. The van der Waals surface area contributed by atoms with Crippen molar-refractivity contribution in [1.82, 2.24) is 4.90 Å². The number of carbonyl (C=O) groups excluding carboxylic acids is 2. The molecule has 3 rings (SSSR count). The Morgan fingerprint density at radius 3 is 2.31 bits per heavy atom. The highest BCUT2D eigenvalue weighted by molar-refractivity contribution is 5.99. The molecule has 4 N–H and O–H groups in total. The fourth-order valence-electron chi connectivity index (χ4n) is 4.62. The zero-order valence-corrected chi connectivity index (χ0v) is 27.4. The average Bonchev–Trinajstić information content (AvgIpc) is 2.97. The number of nitrogens with zero attached hydrogens (tertiary/aromatic N) is 2. The van der Waals surface area contributed by atoms with Crippen molar-refractivity contribution in [3.8, 4) is 5.75 Å². The van der Waals surface area contributed by atoms with Crippen molar-refractivity contribution in [1.29, 1.82) is 0 Å². The Morgan fingerprint density at radius 2 is 1.76 bits per heavy atom. The Labute approximate surface area is 253 Å². The van der Waals surface area contributed by atoms with Gasteiger partial charge in [-0.1, -0.05) is 65.0 Å². The number of amides is 2. The van der Waals surface area contributed by atoms with E-state index in [9.17, 15) is 9.59 Å². The van der Waals surface area contributed by atoms with E-state index in [1.54, 1.807) is 19.1 Å². The van der Waals surface area contributed by atoms with E-state index in [-0.39, 0.29) is 24.0 Å². The predicted octanol–water partition coefficient (Wildman–Crippen LogP) is 6.60. The van der Waals surface area contributed by atoms with E-state index in [1.165, 1.54) is 10.5 Å². The lowest BCUT2D eigenvalue weighted by atomic mass is 9.88. The van der Waals surface area contributed by atoms with Crippen LogP contribution in [0, 0.1) is 0 Å². The van der Waals surface area contributed by atoms with Crippen molar-refractivity contribution in [3.05, 3.63) is 65.0 Å². The largest absolute Gasteiger partial charge is 0.494 e. The summed E-state index contributed by atoms with van der Waals surface area (Å²) >= 11 is 0. The maximum absolute atomic E-state index is 12.8. The van der Waals surface area contributed by atoms with Gasteiger partial charge in [0.25, 0.3) is 0 Å². The molecule has 1 aromatic carbocycles. The minimum atomic E-state index is -0.494. The number of carbonyl (C=O) groups is 2. The molecule has 0 bridgehead atoms. The highest BCUT2D eigenvalue weighted by Crippen LogP contribution is 2.32. The Kier molecular flexibility index (Phi) is 15.1. The van der Waals surface area contributed by atoms with E-state index in [1.807, 2.05) is 53.7 Å². The maximum atomic E-state index is 12.8. The molecule has 0 saturated heterocycles. The number of hydrogen-bond donors (Lipinski definition) is 2. The fraction of sp³-hybridized carbons (Fsp3) is 0.559. The third-order valence-corrected chi connectivity index (χ3v) is 7.35. The summed E-state index contributed by atoms with van der Waals surface area (Å²) in [5.41, 5.74) is 13.6. The second-order valence-electron chi connectivity index (χ2n) is 10.8. The highest BCUT2D eigenvalue weighted by atomic mass is 16.5.